The number of pyridine rings is 1. The van der Waals surface area contributed by atoms with Crippen LogP contribution in [0.2, 0.25) is 0 Å². The second-order valence-electron chi connectivity index (χ2n) is 8.17. The van der Waals surface area contributed by atoms with Crippen molar-refractivity contribution >= 4 is 27.3 Å². The number of nitrogens with zero attached hydrogens (tertiary/aromatic N) is 5. The number of nitrogens with one attached hydrogen (secondary N) is 1. The molecule has 0 spiro atoms. The molecule has 0 saturated carbocycles. The number of benzene rings is 1. The van der Waals surface area contributed by atoms with Gasteiger partial charge in [0, 0.05) is 44.3 Å². The minimum absolute atomic E-state index is 0.415. The number of anilines is 3. The van der Waals surface area contributed by atoms with Gasteiger partial charge in [-0.3, -0.25) is 4.98 Å². The molecule has 1 saturated heterocycles. The van der Waals surface area contributed by atoms with Crippen molar-refractivity contribution in [1.82, 2.24) is 19.5 Å². The lowest BCUT2D eigenvalue weighted by Crippen LogP contribution is -2.49. The summed E-state index contributed by atoms with van der Waals surface area (Å²) in [6.45, 7) is 2.02. The molecular formula is C23H26N6O2S. The average molecular weight is 451 g/mol. The van der Waals surface area contributed by atoms with Crippen molar-refractivity contribution < 1.29 is 8.42 Å². The van der Waals surface area contributed by atoms with Gasteiger partial charge in [-0.2, -0.15) is 4.31 Å². The molecule has 8 nitrogen and oxygen atoms in total. The molecule has 32 heavy (non-hydrogen) atoms. The number of aromatic nitrogens is 3. The first-order chi connectivity index (χ1) is 15.6. The van der Waals surface area contributed by atoms with Gasteiger partial charge in [-0.25, -0.2) is 8.42 Å². The van der Waals surface area contributed by atoms with Gasteiger partial charge in [-0.05, 0) is 73.2 Å². The summed E-state index contributed by atoms with van der Waals surface area (Å²) in [5.41, 5.74) is 3.37. The van der Waals surface area contributed by atoms with Crippen molar-refractivity contribution in [2.24, 2.45) is 0 Å². The lowest BCUT2D eigenvalue weighted by Gasteiger charge is -2.34. The summed E-state index contributed by atoms with van der Waals surface area (Å²) in [6, 6.07) is 13.1. The lowest BCUT2D eigenvalue weighted by molar-refractivity contribution is 0.383. The first-order valence-electron chi connectivity index (χ1n) is 11.0. The van der Waals surface area contributed by atoms with Crippen LogP contribution >= 0.6 is 0 Å². The van der Waals surface area contributed by atoms with E-state index < -0.39 is 10.0 Å². The van der Waals surface area contributed by atoms with Crippen molar-refractivity contribution in [3.05, 3.63) is 66.0 Å². The summed E-state index contributed by atoms with van der Waals surface area (Å²) >= 11 is 0. The lowest BCUT2D eigenvalue weighted by atomic mass is 9.92. The summed E-state index contributed by atoms with van der Waals surface area (Å²) in [5, 5.41) is 11.8. The Kier molecular flexibility index (Phi) is 5.75. The highest BCUT2D eigenvalue weighted by Gasteiger charge is 2.29. The van der Waals surface area contributed by atoms with Crippen LogP contribution in [-0.2, 0) is 22.9 Å². The Morgan fingerprint density at radius 3 is 2.28 bits per heavy atom. The van der Waals surface area contributed by atoms with E-state index in [1.807, 2.05) is 36.4 Å². The molecule has 1 aliphatic carbocycles. The van der Waals surface area contributed by atoms with Gasteiger partial charge < -0.3 is 10.2 Å². The number of hydrogen-bond donors (Lipinski definition) is 1. The Balaban J connectivity index is 1.23. The van der Waals surface area contributed by atoms with Crippen LogP contribution in [0, 0.1) is 0 Å². The third-order valence-electron chi connectivity index (χ3n) is 6.12. The van der Waals surface area contributed by atoms with Gasteiger partial charge in [0.1, 0.15) is 0 Å². The van der Waals surface area contributed by atoms with Crippen LogP contribution in [0.4, 0.5) is 17.3 Å². The topological polar surface area (TPSA) is 91.3 Å². The van der Waals surface area contributed by atoms with E-state index in [0.29, 0.717) is 36.9 Å². The van der Waals surface area contributed by atoms with E-state index in [1.54, 1.807) is 22.8 Å². The molecule has 0 unspecified atom stereocenters. The zero-order valence-electron chi connectivity index (χ0n) is 17.8. The smallest absolute Gasteiger partial charge is 0.243 e. The van der Waals surface area contributed by atoms with Crippen LogP contribution < -0.4 is 10.2 Å². The molecule has 9 heteroatoms. The molecule has 0 atom stereocenters. The Hall–Kier alpha value is -3.04. The van der Waals surface area contributed by atoms with Gasteiger partial charge in [-0.15, -0.1) is 10.2 Å². The Bertz CT molecular complexity index is 1180. The fourth-order valence-electron chi connectivity index (χ4n) is 4.32. The molecule has 1 N–H and O–H groups in total. The molecule has 1 aliphatic heterocycles. The first-order valence-corrected chi connectivity index (χ1v) is 12.4. The van der Waals surface area contributed by atoms with E-state index in [0.717, 1.165) is 30.8 Å². The molecule has 5 rings (SSSR count). The van der Waals surface area contributed by atoms with Gasteiger partial charge in [0.15, 0.2) is 11.6 Å². The van der Waals surface area contributed by atoms with Crippen molar-refractivity contribution in [2.75, 3.05) is 36.4 Å². The van der Waals surface area contributed by atoms with Crippen molar-refractivity contribution in [3.63, 3.8) is 0 Å². The SMILES string of the molecule is O=S(=O)(c1ccc2c(c1)CCCC2)N1CCN(c2ccc(Nc3ccncc3)nn2)CC1. The minimum Gasteiger partial charge on any atom is -0.352 e. The Labute approximate surface area is 188 Å². The highest BCUT2D eigenvalue weighted by molar-refractivity contribution is 7.89. The monoisotopic (exact) mass is 450 g/mol. The molecule has 2 aromatic heterocycles. The van der Waals surface area contributed by atoms with Gasteiger partial charge in [0.25, 0.3) is 0 Å². The summed E-state index contributed by atoms with van der Waals surface area (Å²) in [4.78, 5) is 6.48. The zero-order chi connectivity index (χ0) is 22.0. The van der Waals surface area contributed by atoms with Crippen LogP contribution in [-0.4, -0.2) is 54.1 Å². The number of piperazine rings is 1. The minimum atomic E-state index is -3.49. The molecule has 166 valence electrons. The van der Waals surface area contributed by atoms with Crippen LogP contribution in [0.5, 0.6) is 0 Å². The van der Waals surface area contributed by atoms with E-state index >= 15 is 0 Å². The van der Waals surface area contributed by atoms with E-state index in [-0.39, 0.29) is 0 Å². The Morgan fingerprint density at radius 1 is 0.812 bits per heavy atom. The molecule has 1 fully saturated rings. The standard InChI is InChI=1S/C23H26N6O2S/c30-32(31,21-6-5-18-3-1-2-4-19(18)17-21)29-15-13-28(14-16-29)23-8-7-22(26-27-23)25-20-9-11-24-12-10-20/h5-12,17H,1-4,13-16H2,(H,24,25,26). The molecule has 0 bridgehead atoms. The van der Waals surface area contributed by atoms with Crippen LogP contribution in [0.3, 0.4) is 0 Å². The molecule has 2 aliphatic rings. The molecule has 3 heterocycles. The summed E-state index contributed by atoms with van der Waals surface area (Å²) in [5.74, 6) is 1.39. The third-order valence-corrected chi connectivity index (χ3v) is 8.02. The molecule has 0 amide bonds. The normalized spacial score (nSPS) is 17.1. The van der Waals surface area contributed by atoms with Crippen LogP contribution in [0.1, 0.15) is 24.0 Å². The fraction of sp³-hybridized carbons (Fsp3) is 0.348. The van der Waals surface area contributed by atoms with Gasteiger partial charge >= 0.3 is 0 Å². The molecule has 1 aromatic carbocycles. The predicted octanol–water partition coefficient (Wildman–Crippen LogP) is 3.00. The van der Waals surface area contributed by atoms with Crippen molar-refractivity contribution in [2.45, 2.75) is 30.6 Å². The van der Waals surface area contributed by atoms with E-state index in [9.17, 15) is 8.42 Å². The van der Waals surface area contributed by atoms with Gasteiger partial charge in [0.2, 0.25) is 10.0 Å². The number of aryl methyl sites for hydroxylation is 2. The highest BCUT2D eigenvalue weighted by Crippen LogP contribution is 2.27. The number of hydrogen-bond acceptors (Lipinski definition) is 7. The van der Waals surface area contributed by atoms with E-state index in [2.05, 4.69) is 25.4 Å². The molecule has 3 aromatic rings. The predicted molar refractivity (Wildman–Crippen MR) is 124 cm³/mol. The molecular weight excluding hydrogens is 424 g/mol. The second-order valence-corrected chi connectivity index (χ2v) is 10.1. The summed E-state index contributed by atoms with van der Waals surface area (Å²) in [7, 11) is -3.49. The van der Waals surface area contributed by atoms with Crippen LogP contribution in [0.15, 0.2) is 59.8 Å². The Morgan fingerprint density at radius 2 is 1.56 bits per heavy atom. The average Bonchev–Trinajstić information content (AvgIpc) is 2.85. The second kappa shape index (κ2) is 8.84. The third kappa shape index (κ3) is 4.31. The highest BCUT2D eigenvalue weighted by atomic mass is 32.2. The fourth-order valence-corrected chi connectivity index (χ4v) is 5.79. The maximum atomic E-state index is 13.2. The first kappa shape index (κ1) is 20.8. The summed E-state index contributed by atoms with van der Waals surface area (Å²) < 4.78 is 28.0. The number of fused-ring (bicyclic) bond motifs is 1. The van der Waals surface area contributed by atoms with Gasteiger partial charge in [0.05, 0.1) is 4.90 Å². The van der Waals surface area contributed by atoms with Crippen molar-refractivity contribution in [3.8, 4) is 0 Å². The maximum absolute atomic E-state index is 13.2. The quantitative estimate of drug-likeness (QED) is 0.639. The van der Waals surface area contributed by atoms with Gasteiger partial charge in [-0.1, -0.05) is 6.07 Å². The van der Waals surface area contributed by atoms with Crippen LogP contribution in [0.25, 0.3) is 0 Å². The van der Waals surface area contributed by atoms with E-state index in [4.69, 9.17) is 0 Å². The van der Waals surface area contributed by atoms with Crippen molar-refractivity contribution in [1.29, 1.82) is 0 Å². The maximum Gasteiger partial charge on any atom is 0.243 e. The number of sulfonamides is 1. The number of rotatable bonds is 5. The zero-order valence-corrected chi connectivity index (χ0v) is 18.6. The summed E-state index contributed by atoms with van der Waals surface area (Å²) in [6.07, 6.45) is 7.75. The largest absolute Gasteiger partial charge is 0.352 e. The van der Waals surface area contributed by atoms with E-state index in [1.165, 1.54) is 17.5 Å². The molecule has 0 radical (unpaired) electrons.